The van der Waals surface area contributed by atoms with Gasteiger partial charge in [0.05, 0.1) is 5.75 Å². The van der Waals surface area contributed by atoms with Crippen molar-refractivity contribution in [1.29, 1.82) is 0 Å². The van der Waals surface area contributed by atoms with E-state index in [2.05, 4.69) is 21.2 Å². The molecule has 1 aromatic carbocycles. The number of hydrogen-bond donors (Lipinski definition) is 2. The lowest BCUT2D eigenvalue weighted by atomic mass is 10.0. The summed E-state index contributed by atoms with van der Waals surface area (Å²) in [5.41, 5.74) is 6.35. The number of hydrogen-bond acceptors (Lipinski definition) is 4. The van der Waals surface area contributed by atoms with Crippen LogP contribution in [0.1, 0.15) is 24.8 Å². The summed E-state index contributed by atoms with van der Waals surface area (Å²) < 4.78 is 25.1. The maximum Gasteiger partial charge on any atom is 0.235 e. The van der Waals surface area contributed by atoms with Gasteiger partial charge in [-0.05, 0) is 43.0 Å². The normalized spacial score (nSPS) is 21.7. The fourth-order valence-corrected chi connectivity index (χ4v) is 4.39. The molecule has 0 heterocycles. The molecule has 0 aromatic heterocycles. The van der Waals surface area contributed by atoms with Crippen LogP contribution in [0.3, 0.4) is 0 Å². The van der Waals surface area contributed by atoms with Crippen molar-refractivity contribution in [1.82, 2.24) is 5.32 Å². The van der Waals surface area contributed by atoms with Crippen LogP contribution in [-0.4, -0.2) is 32.7 Å². The topological polar surface area (TPSA) is 89.3 Å². The van der Waals surface area contributed by atoms with Gasteiger partial charge in [-0.2, -0.15) is 0 Å². The molecule has 122 valence electrons. The van der Waals surface area contributed by atoms with Crippen LogP contribution in [0.15, 0.2) is 28.7 Å². The molecule has 0 bridgehead atoms. The Kier molecular flexibility index (Phi) is 6.00. The minimum atomic E-state index is -3.47. The number of rotatable bonds is 6. The van der Waals surface area contributed by atoms with Crippen molar-refractivity contribution in [3.05, 3.63) is 34.3 Å². The van der Waals surface area contributed by atoms with E-state index in [0.29, 0.717) is 12.1 Å². The Morgan fingerprint density at radius 3 is 2.59 bits per heavy atom. The minimum Gasteiger partial charge on any atom is -0.352 e. The van der Waals surface area contributed by atoms with Crippen LogP contribution in [0.25, 0.3) is 0 Å². The molecule has 1 fully saturated rings. The smallest absolute Gasteiger partial charge is 0.235 e. The summed E-state index contributed by atoms with van der Waals surface area (Å²) >= 11 is 3.30. The van der Waals surface area contributed by atoms with E-state index >= 15 is 0 Å². The van der Waals surface area contributed by atoms with Crippen LogP contribution in [0.5, 0.6) is 0 Å². The van der Waals surface area contributed by atoms with Gasteiger partial charge in [-0.25, -0.2) is 8.42 Å². The molecule has 0 spiro atoms. The average molecular weight is 389 g/mol. The van der Waals surface area contributed by atoms with E-state index in [4.69, 9.17) is 5.73 Å². The Morgan fingerprint density at radius 2 is 1.95 bits per heavy atom. The first kappa shape index (κ1) is 17.4. The van der Waals surface area contributed by atoms with E-state index in [0.717, 1.165) is 23.7 Å². The van der Waals surface area contributed by atoms with Crippen molar-refractivity contribution in [2.24, 2.45) is 11.7 Å². The van der Waals surface area contributed by atoms with Gasteiger partial charge in [-0.3, -0.25) is 4.79 Å². The molecule has 0 aliphatic heterocycles. The lowest BCUT2D eigenvalue weighted by Gasteiger charge is -2.19. The van der Waals surface area contributed by atoms with E-state index in [-0.39, 0.29) is 17.7 Å². The van der Waals surface area contributed by atoms with E-state index < -0.39 is 21.5 Å². The average Bonchev–Trinajstić information content (AvgIpc) is 2.87. The maximum absolute atomic E-state index is 12.1. The van der Waals surface area contributed by atoms with Gasteiger partial charge >= 0.3 is 0 Å². The predicted molar refractivity (Wildman–Crippen MR) is 90.0 cm³/mol. The second kappa shape index (κ2) is 7.57. The van der Waals surface area contributed by atoms with Crippen LogP contribution in [0.2, 0.25) is 0 Å². The molecule has 5 nitrogen and oxygen atoms in total. The highest BCUT2D eigenvalue weighted by molar-refractivity contribution is 9.10. The van der Waals surface area contributed by atoms with Crippen molar-refractivity contribution in [3.63, 3.8) is 0 Å². The standard InChI is InChI=1S/C15H21BrN2O3S/c16-13-6-4-11(5-7-13)9-22(20,21)10-15(19)18-14-3-1-2-12(14)8-17/h4-7,12,14H,1-3,8-10,17H2,(H,18,19). The first-order valence-electron chi connectivity index (χ1n) is 7.34. The molecule has 0 radical (unpaired) electrons. The van der Waals surface area contributed by atoms with E-state index in [1.165, 1.54) is 0 Å². The summed E-state index contributed by atoms with van der Waals surface area (Å²) in [5.74, 6) is -0.768. The van der Waals surface area contributed by atoms with Gasteiger partial charge in [0, 0.05) is 10.5 Å². The summed E-state index contributed by atoms with van der Waals surface area (Å²) in [6.45, 7) is 0.524. The number of carbonyl (C=O) groups excluding carboxylic acids is 1. The summed E-state index contributed by atoms with van der Waals surface area (Å²) in [7, 11) is -3.47. The number of amides is 1. The third-order valence-electron chi connectivity index (χ3n) is 3.96. The van der Waals surface area contributed by atoms with Crippen LogP contribution < -0.4 is 11.1 Å². The Labute approximate surface area is 139 Å². The molecular formula is C15H21BrN2O3S. The highest BCUT2D eigenvalue weighted by atomic mass is 79.9. The molecule has 1 amide bonds. The van der Waals surface area contributed by atoms with Gasteiger partial charge in [-0.1, -0.05) is 34.5 Å². The van der Waals surface area contributed by atoms with Crippen molar-refractivity contribution in [3.8, 4) is 0 Å². The monoisotopic (exact) mass is 388 g/mol. The summed E-state index contributed by atoms with van der Waals surface area (Å²) in [6, 6.07) is 7.06. The van der Waals surface area contributed by atoms with Gasteiger partial charge in [0.2, 0.25) is 5.91 Å². The molecule has 1 aromatic rings. The Hall–Kier alpha value is -0.920. The number of halogens is 1. The fraction of sp³-hybridized carbons (Fsp3) is 0.533. The molecule has 1 aliphatic rings. The SMILES string of the molecule is NCC1CCCC1NC(=O)CS(=O)(=O)Cc1ccc(Br)cc1. The number of benzene rings is 1. The van der Waals surface area contributed by atoms with Gasteiger partial charge in [0.1, 0.15) is 5.75 Å². The first-order chi connectivity index (χ1) is 10.4. The molecule has 0 saturated heterocycles. The Morgan fingerprint density at radius 1 is 1.27 bits per heavy atom. The van der Waals surface area contributed by atoms with Gasteiger partial charge < -0.3 is 11.1 Å². The molecule has 7 heteroatoms. The highest BCUT2D eigenvalue weighted by Crippen LogP contribution is 2.24. The zero-order valence-electron chi connectivity index (χ0n) is 12.3. The molecule has 2 rings (SSSR count). The van der Waals surface area contributed by atoms with Gasteiger partial charge in [-0.15, -0.1) is 0 Å². The zero-order chi connectivity index (χ0) is 16.2. The quantitative estimate of drug-likeness (QED) is 0.774. The van der Waals surface area contributed by atoms with Crippen LogP contribution >= 0.6 is 15.9 Å². The van der Waals surface area contributed by atoms with Crippen molar-refractivity contribution >= 4 is 31.7 Å². The van der Waals surface area contributed by atoms with E-state index in [1.807, 2.05) is 0 Å². The number of nitrogens with two attached hydrogens (primary N) is 1. The molecule has 22 heavy (non-hydrogen) atoms. The second-order valence-electron chi connectivity index (χ2n) is 5.76. The van der Waals surface area contributed by atoms with Crippen LogP contribution in [0, 0.1) is 5.92 Å². The summed E-state index contributed by atoms with van der Waals surface area (Å²) in [6.07, 6.45) is 2.89. The number of sulfone groups is 1. The summed E-state index contributed by atoms with van der Waals surface area (Å²) in [5, 5.41) is 2.83. The van der Waals surface area contributed by atoms with Crippen molar-refractivity contribution in [2.75, 3.05) is 12.3 Å². The van der Waals surface area contributed by atoms with E-state index in [1.54, 1.807) is 24.3 Å². The summed E-state index contributed by atoms with van der Waals surface area (Å²) in [4.78, 5) is 12.0. The van der Waals surface area contributed by atoms with Crippen LogP contribution in [-0.2, 0) is 20.4 Å². The van der Waals surface area contributed by atoms with Gasteiger partial charge in [0.25, 0.3) is 0 Å². The second-order valence-corrected chi connectivity index (χ2v) is 8.74. The largest absolute Gasteiger partial charge is 0.352 e. The lowest BCUT2D eigenvalue weighted by molar-refractivity contribution is -0.119. The molecular weight excluding hydrogens is 368 g/mol. The molecule has 2 atom stereocenters. The zero-order valence-corrected chi connectivity index (χ0v) is 14.7. The number of carbonyl (C=O) groups is 1. The third kappa shape index (κ3) is 5.07. The first-order valence-corrected chi connectivity index (χ1v) is 9.95. The third-order valence-corrected chi connectivity index (χ3v) is 5.96. The Balaban J connectivity index is 1.90. The van der Waals surface area contributed by atoms with Gasteiger partial charge in [0.15, 0.2) is 9.84 Å². The maximum atomic E-state index is 12.1. The predicted octanol–water partition coefficient (Wildman–Crippen LogP) is 1.61. The molecule has 1 aliphatic carbocycles. The Bertz CT molecular complexity index is 616. The van der Waals surface area contributed by atoms with E-state index in [9.17, 15) is 13.2 Å². The minimum absolute atomic E-state index is 0.0142. The van der Waals surface area contributed by atoms with Crippen molar-refractivity contribution in [2.45, 2.75) is 31.1 Å². The fourth-order valence-electron chi connectivity index (χ4n) is 2.84. The van der Waals surface area contributed by atoms with Crippen molar-refractivity contribution < 1.29 is 13.2 Å². The molecule has 1 saturated carbocycles. The van der Waals surface area contributed by atoms with Crippen LogP contribution in [0.4, 0.5) is 0 Å². The molecule has 2 unspecified atom stereocenters. The molecule has 3 N–H and O–H groups in total. The lowest BCUT2D eigenvalue weighted by Crippen LogP contribution is -2.42. The number of nitrogens with one attached hydrogen (secondary N) is 1. The highest BCUT2D eigenvalue weighted by Gasteiger charge is 2.28.